The van der Waals surface area contributed by atoms with Crippen molar-refractivity contribution in [2.45, 2.75) is 6.61 Å². The van der Waals surface area contributed by atoms with Crippen molar-refractivity contribution in [3.8, 4) is 11.8 Å². The van der Waals surface area contributed by atoms with Crippen LogP contribution in [-0.4, -0.2) is 0 Å². The number of allylic oxidation sites excluding steroid dienone is 1. The van der Waals surface area contributed by atoms with Gasteiger partial charge in [-0.2, -0.15) is 5.26 Å². The molecule has 0 saturated heterocycles. The molecule has 0 saturated carbocycles. The third-order valence-corrected chi connectivity index (χ3v) is 5.58. The molecular weight excluding hydrogens is 458 g/mol. The molecule has 0 unspecified atom stereocenters. The molecule has 0 heterocycles. The van der Waals surface area contributed by atoms with Crippen molar-refractivity contribution in [1.29, 1.82) is 5.26 Å². The first-order valence-electron chi connectivity index (χ1n) is 9.41. The van der Waals surface area contributed by atoms with Crippen LogP contribution in [0, 0.1) is 11.3 Å². The Labute approximate surface area is 189 Å². The molecule has 0 fully saturated rings. The predicted molar refractivity (Wildman–Crippen MR) is 127 cm³/mol. The minimum Gasteiger partial charge on any atom is -0.488 e. The molecule has 0 radical (unpaired) electrons. The minimum atomic E-state index is 0.413. The Morgan fingerprint density at radius 3 is 2.40 bits per heavy atom. The molecule has 0 aliphatic rings. The van der Waals surface area contributed by atoms with E-state index in [9.17, 15) is 5.26 Å². The van der Waals surface area contributed by atoms with Crippen molar-refractivity contribution < 1.29 is 4.74 Å². The molecule has 0 aromatic heterocycles. The van der Waals surface area contributed by atoms with E-state index in [-0.39, 0.29) is 0 Å². The summed E-state index contributed by atoms with van der Waals surface area (Å²) in [5.41, 5.74) is 3.35. The van der Waals surface area contributed by atoms with E-state index in [2.05, 4.69) is 28.1 Å². The highest BCUT2D eigenvalue weighted by Gasteiger charge is 2.10. The third kappa shape index (κ3) is 4.57. The number of hydrogen-bond acceptors (Lipinski definition) is 2. The van der Waals surface area contributed by atoms with Gasteiger partial charge in [-0.25, -0.2) is 0 Å². The van der Waals surface area contributed by atoms with Gasteiger partial charge in [-0.05, 0) is 58.3 Å². The first-order chi connectivity index (χ1) is 14.6. The number of benzene rings is 4. The van der Waals surface area contributed by atoms with Crippen molar-refractivity contribution in [3.63, 3.8) is 0 Å². The summed E-state index contributed by atoms with van der Waals surface area (Å²) in [6.45, 7) is 0.413. The maximum absolute atomic E-state index is 9.82. The lowest BCUT2D eigenvalue weighted by Crippen LogP contribution is -1.98. The smallest absolute Gasteiger partial charge is 0.127 e. The first kappa shape index (κ1) is 20.2. The van der Waals surface area contributed by atoms with Gasteiger partial charge >= 0.3 is 0 Å². The van der Waals surface area contributed by atoms with Gasteiger partial charge in [-0.3, -0.25) is 0 Å². The van der Waals surface area contributed by atoms with Gasteiger partial charge in [0.05, 0.1) is 11.6 Å². The summed E-state index contributed by atoms with van der Waals surface area (Å²) in [7, 11) is 0. The lowest BCUT2D eigenvalue weighted by molar-refractivity contribution is 0.306. The first-order valence-corrected chi connectivity index (χ1v) is 10.6. The van der Waals surface area contributed by atoms with Crippen molar-refractivity contribution in [2.75, 3.05) is 0 Å². The molecule has 0 bridgehead atoms. The molecule has 4 heteroatoms. The Morgan fingerprint density at radius 2 is 1.67 bits per heavy atom. The van der Waals surface area contributed by atoms with Gasteiger partial charge in [0, 0.05) is 15.1 Å². The fourth-order valence-electron chi connectivity index (χ4n) is 3.25. The molecule has 0 atom stereocenters. The quantitative estimate of drug-likeness (QED) is 0.217. The molecule has 0 N–H and O–H groups in total. The van der Waals surface area contributed by atoms with E-state index in [1.165, 1.54) is 0 Å². The fourth-order valence-corrected chi connectivity index (χ4v) is 3.64. The lowest BCUT2D eigenvalue weighted by atomic mass is 9.98. The molecule has 30 heavy (non-hydrogen) atoms. The molecule has 0 amide bonds. The molecule has 4 aromatic rings. The fraction of sp³-hybridized carbons (Fsp3) is 0.0385. The number of hydrogen-bond donors (Lipinski definition) is 0. The zero-order valence-corrected chi connectivity index (χ0v) is 18.3. The largest absolute Gasteiger partial charge is 0.488 e. The molecule has 2 nitrogen and oxygen atoms in total. The normalized spacial score (nSPS) is 11.3. The second kappa shape index (κ2) is 9.17. The SMILES string of the molecule is N#C/C(=C\c1c(OCc2ccc(Cl)cc2)ccc2ccccc12)c1ccc(Br)cc1. The van der Waals surface area contributed by atoms with Crippen LogP contribution in [-0.2, 0) is 6.61 Å². The predicted octanol–water partition coefficient (Wildman–Crippen LogP) is 7.90. The summed E-state index contributed by atoms with van der Waals surface area (Å²) in [5, 5.41) is 12.7. The van der Waals surface area contributed by atoms with Gasteiger partial charge in [0.25, 0.3) is 0 Å². The van der Waals surface area contributed by atoms with E-state index < -0.39 is 0 Å². The van der Waals surface area contributed by atoms with Gasteiger partial charge in [-0.15, -0.1) is 0 Å². The van der Waals surface area contributed by atoms with Crippen LogP contribution in [0.3, 0.4) is 0 Å². The number of nitriles is 1. The highest BCUT2D eigenvalue weighted by atomic mass is 79.9. The number of nitrogens with zero attached hydrogens (tertiary/aromatic N) is 1. The van der Waals surface area contributed by atoms with Gasteiger partial charge in [0.15, 0.2) is 0 Å². The average molecular weight is 475 g/mol. The van der Waals surface area contributed by atoms with Crippen LogP contribution in [0.25, 0.3) is 22.4 Å². The van der Waals surface area contributed by atoms with Gasteiger partial charge in [-0.1, -0.05) is 82.1 Å². The second-order valence-corrected chi connectivity index (χ2v) is 8.14. The van der Waals surface area contributed by atoms with Crippen LogP contribution in [0.15, 0.2) is 89.4 Å². The monoisotopic (exact) mass is 473 g/mol. The van der Waals surface area contributed by atoms with E-state index in [0.717, 1.165) is 37.7 Å². The number of halogens is 2. The van der Waals surface area contributed by atoms with Crippen LogP contribution < -0.4 is 4.74 Å². The van der Waals surface area contributed by atoms with Gasteiger partial charge < -0.3 is 4.74 Å². The Morgan fingerprint density at radius 1 is 0.933 bits per heavy atom. The zero-order valence-electron chi connectivity index (χ0n) is 16.0. The standard InChI is InChI=1S/C26H17BrClNO/c27-22-10-7-19(8-11-22)21(16-29)15-25-24-4-2-1-3-20(24)9-14-26(25)30-17-18-5-12-23(28)13-6-18/h1-15H,17H2/b21-15+. The maximum Gasteiger partial charge on any atom is 0.127 e. The van der Waals surface area contributed by atoms with E-state index in [1.54, 1.807) is 0 Å². The summed E-state index contributed by atoms with van der Waals surface area (Å²) in [6.07, 6.45) is 1.91. The lowest BCUT2D eigenvalue weighted by Gasteiger charge is -2.13. The van der Waals surface area contributed by atoms with Crippen molar-refractivity contribution in [1.82, 2.24) is 0 Å². The summed E-state index contributed by atoms with van der Waals surface area (Å²) in [4.78, 5) is 0. The molecule has 0 aliphatic carbocycles. The Bertz CT molecular complexity index is 1260. The van der Waals surface area contributed by atoms with Crippen molar-refractivity contribution in [3.05, 3.63) is 111 Å². The number of ether oxygens (including phenoxy) is 1. The summed E-state index contributed by atoms with van der Waals surface area (Å²) in [6, 6.07) is 29.7. The third-order valence-electron chi connectivity index (χ3n) is 4.80. The van der Waals surface area contributed by atoms with E-state index in [0.29, 0.717) is 17.2 Å². The highest BCUT2D eigenvalue weighted by Crippen LogP contribution is 2.32. The molecule has 4 rings (SSSR count). The van der Waals surface area contributed by atoms with Crippen LogP contribution in [0.4, 0.5) is 0 Å². The highest BCUT2D eigenvalue weighted by molar-refractivity contribution is 9.10. The summed E-state index contributed by atoms with van der Waals surface area (Å²) < 4.78 is 7.14. The zero-order chi connectivity index (χ0) is 20.9. The molecule has 4 aromatic carbocycles. The maximum atomic E-state index is 9.82. The summed E-state index contributed by atoms with van der Waals surface area (Å²) in [5.74, 6) is 0.730. The van der Waals surface area contributed by atoms with E-state index in [1.807, 2.05) is 84.9 Å². The molecule has 146 valence electrons. The number of rotatable bonds is 5. The van der Waals surface area contributed by atoms with E-state index >= 15 is 0 Å². The topological polar surface area (TPSA) is 33.0 Å². The van der Waals surface area contributed by atoms with Crippen LogP contribution >= 0.6 is 27.5 Å². The minimum absolute atomic E-state index is 0.413. The Balaban J connectivity index is 1.77. The second-order valence-electron chi connectivity index (χ2n) is 6.79. The molecule has 0 spiro atoms. The van der Waals surface area contributed by atoms with Crippen LogP contribution in [0.1, 0.15) is 16.7 Å². The Kier molecular flexibility index (Phi) is 6.18. The van der Waals surface area contributed by atoms with Crippen molar-refractivity contribution in [2.24, 2.45) is 0 Å². The molecule has 0 aliphatic heterocycles. The average Bonchev–Trinajstić information content (AvgIpc) is 2.78. The van der Waals surface area contributed by atoms with Gasteiger partial charge in [0.1, 0.15) is 12.4 Å². The Hall–Kier alpha value is -3.06. The van der Waals surface area contributed by atoms with E-state index in [4.69, 9.17) is 16.3 Å². The van der Waals surface area contributed by atoms with Crippen LogP contribution in [0.5, 0.6) is 5.75 Å². The van der Waals surface area contributed by atoms with Crippen molar-refractivity contribution >= 4 is 50.0 Å². The molecular formula is C26H17BrClNO. The summed E-state index contributed by atoms with van der Waals surface area (Å²) >= 11 is 9.42. The van der Waals surface area contributed by atoms with Gasteiger partial charge in [0.2, 0.25) is 0 Å². The number of fused-ring (bicyclic) bond motifs is 1. The van der Waals surface area contributed by atoms with Crippen LogP contribution in [0.2, 0.25) is 5.02 Å².